The van der Waals surface area contributed by atoms with Gasteiger partial charge in [-0.15, -0.1) is 11.6 Å². The fourth-order valence-corrected chi connectivity index (χ4v) is 2.62. The molecule has 0 aliphatic heterocycles. The monoisotopic (exact) mass is 238 g/mol. The van der Waals surface area contributed by atoms with Gasteiger partial charge in [-0.3, -0.25) is 4.98 Å². The van der Waals surface area contributed by atoms with Crippen molar-refractivity contribution in [1.82, 2.24) is 10.3 Å². The second-order valence-electron chi connectivity index (χ2n) is 4.56. The highest BCUT2D eigenvalue weighted by atomic mass is 35.5. The molecule has 1 N–H and O–H groups in total. The van der Waals surface area contributed by atoms with Gasteiger partial charge >= 0.3 is 0 Å². The Morgan fingerprint density at radius 3 is 2.94 bits per heavy atom. The Hall–Kier alpha value is -0.600. The summed E-state index contributed by atoms with van der Waals surface area (Å²) in [5.74, 6) is 0. The zero-order valence-electron chi connectivity index (χ0n) is 9.75. The number of hydrogen-bond acceptors (Lipinski definition) is 2. The van der Waals surface area contributed by atoms with Crippen LogP contribution in [-0.4, -0.2) is 16.4 Å². The zero-order chi connectivity index (χ0) is 11.4. The normalized spacial score (nSPS) is 25.6. The Balaban J connectivity index is 1.86. The summed E-state index contributed by atoms with van der Waals surface area (Å²) in [7, 11) is 0. The molecule has 0 saturated heterocycles. The number of aryl methyl sites for hydroxylation is 1. The molecular weight excluding hydrogens is 220 g/mol. The lowest BCUT2D eigenvalue weighted by Crippen LogP contribution is -2.39. The molecule has 0 spiro atoms. The molecule has 1 aliphatic rings. The zero-order valence-corrected chi connectivity index (χ0v) is 10.5. The summed E-state index contributed by atoms with van der Waals surface area (Å²) in [5.41, 5.74) is 2.18. The first-order valence-corrected chi connectivity index (χ1v) is 6.49. The van der Waals surface area contributed by atoms with Gasteiger partial charge in [-0.25, -0.2) is 0 Å². The highest BCUT2D eigenvalue weighted by Crippen LogP contribution is 2.23. The molecular formula is C13H19ClN2. The van der Waals surface area contributed by atoms with Gasteiger partial charge in [0.25, 0.3) is 0 Å². The van der Waals surface area contributed by atoms with Gasteiger partial charge in [-0.2, -0.15) is 0 Å². The van der Waals surface area contributed by atoms with Crippen molar-refractivity contribution in [3.8, 4) is 0 Å². The molecule has 3 heteroatoms. The molecule has 1 saturated carbocycles. The Bertz CT molecular complexity index is 340. The largest absolute Gasteiger partial charge is 0.307 e. The molecule has 1 aromatic rings. The van der Waals surface area contributed by atoms with E-state index in [4.69, 9.17) is 11.6 Å². The first-order valence-electron chi connectivity index (χ1n) is 6.06. The number of nitrogens with one attached hydrogen (secondary N) is 1. The smallest absolute Gasteiger partial charge is 0.0544 e. The fourth-order valence-electron chi connectivity index (χ4n) is 2.25. The molecule has 0 aromatic carbocycles. The third-order valence-electron chi connectivity index (χ3n) is 3.17. The van der Waals surface area contributed by atoms with Crippen LogP contribution in [0.25, 0.3) is 0 Å². The first kappa shape index (κ1) is 11.9. The van der Waals surface area contributed by atoms with Crippen molar-refractivity contribution in [3.63, 3.8) is 0 Å². The average Bonchev–Trinajstić information content (AvgIpc) is 2.28. The van der Waals surface area contributed by atoms with Gasteiger partial charge < -0.3 is 5.32 Å². The lowest BCUT2D eigenvalue weighted by molar-refractivity contribution is 0.377. The maximum absolute atomic E-state index is 6.30. The summed E-state index contributed by atoms with van der Waals surface area (Å²) in [6, 6.07) is 6.59. The molecule has 0 bridgehead atoms. The molecule has 16 heavy (non-hydrogen) atoms. The van der Waals surface area contributed by atoms with E-state index in [2.05, 4.69) is 22.4 Å². The Labute approximate surface area is 102 Å². The number of pyridine rings is 1. The van der Waals surface area contributed by atoms with E-state index in [1.54, 1.807) is 0 Å². The highest BCUT2D eigenvalue weighted by molar-refractivity contribution is 6.21. The van der Waals surface area contributed by atoms with Crippen molar-refractivity contribution in [2.45, 2.75) is 50.6 Å². The lowest BCUT2D eigenvalue weighted by atomic mass is 9.95. The van der Waals surface area contributed by atoms with Gasteiger partial charge in [0.1, 0.15) is 0 Å². The maximum Gasteiger partial charge on any atom is 0.0544 e. The summed E-state index contributed by atoms with van der Waals surface area (Å²) >= 11 is 6.30. The van der Waals surface area contributed by atoms with Crippen LogP contribution >= 0.6 is 11.6 Å². The molecule has 1 fully saturated rings. The van der Waals surface area contributed by atoms with Crippen LogP contribution in [0, 0.1) is 6.92 Å². The van der Waals surface area contributed by atoms with E-state index in [1.165, 1.54) is 19.3 Å². The van der Waals surface area contributed by atoms with E-state index in [0.29, 0.717) is 11.4 Å². The minimum atomic E-state index is 0.290. The van der Waals surface area contributed by atoms with E-state index >= 15 is 0 Å². The standard InChI is InChI=1S/C13H19ClN2/c1-10-5-4-6-11(16-10)9-15-13-8-3-2-7-12(13)14/h4-6,12-13,15H,2-3,7-9H2,1H3. The summed E-state index contributed by atoms with van der Waals surface area (Å²) in [5, 5.41) is 3.81. The van der Waals surface area contributed by atoms with Gasteiger partial charge in [-0.1, -0.05) is 18.9 Å². The first-order chi connectivity index (χ1) is 7.75. The van der Waals surface area contributed by atoms with E-state index in [-0.39, 0.29) is 0 Å². The average molecular weight is 239 g/mol. The van der Waals surface area contributed by atoms with Crippen molar-refractivity contribution in [2.24, 2.45) is 0 Å². The van der Waals surface area contributed by atoms with Crippen LogP contribution in [0.4, 0.5) is 0 Å². The molecule has 0 amide bonds. The van der Waals surface area contributed by atoms with Crippen LogP contribution in [0.3, 0.4) is 0 Å². The Kier molecular flexibility index (Phi) is 4.19. The predicted octanol–water partition coefficient (Wildman–Crippen LogP) is 3.03. The molecule has 1 heterocycles. The van der Waals surface area contributed by atoms with Crippen LogP contribution in [0.2, 0.25) is 0 Å². The minimum Gasteiger partial charge on any atom is -0.307 e. The SMILES string of the molecule is Cc1cccc(CNC2CCCCC2Cl)n1. The molecule has 2 atom stereocenters. The molecule has 2 rings (SSSR count). The number of alkyl halides is 1. The molecule has 1 aromatic heterocycles. The Morgan fingerprint density at radius 2 is 2.19 bits per heavy atom. The van der Waals surface area contributed by atoms with E-state index in [1.807, 2.05) is 13.0 Å². The summed E-state index contributed by atoms with van der Waals surface area (Å²) in [4.78, 5) is 4.48. The number of hydrogen-bond donors (Lipinski definition) is 1. The van der Waals surface area contributed by atoms with Gasteiger partial charge in [-0.05, 0) is 31.9 Å². The fraction of sp³-hybridized carbons (Fsp3) is 0.615. The second-order valence-corrected chi connectivity index (χ2v) is 5.12. The number of nitrogens with zero attached hydrogens (tertiary/aromatic N) is 1. The maximum atomic E-state index is 6.30. The molecule has 1 aliphatic carbocycles. The predicted molar refractivity (Wildman–Crippen MR) is 67.7 cm³/mol. The highest BCUT2D eigenvalue weighted by Gasteiger charge is 2.22. The summed E-state index contributed by atoms with van der Waals surface area (Å²) < 4.78 is 0. The van der Waals surface area contributed by atoms with Gasteiger partial charge in [0.05, 0.1) is 5.69 Å². The topological polar surface area (TPSA) is 24.9 Å². The van der Waals surface area contributed by atoms with Crippen LogP contribution in [-0.2, 0) is 6.54 Å². The van der Waals surface area contributed by atoms with Crippen LogP contribution in [0.1, 0.15) is 37.1 Å². The molecule has 88 valence electrons. The number of aromatic nitrogens is 1. The van der Waals surface area contributed by atoms with Crippen molar-refractivity contribution in [3.05, 3.63) is 29.6 Å². The van der Waals surface area contributed by atoms with Crippen LogP contribution in [0.5, 0.6) is 0 Å². The summed E-state index contributed by atoms with van der Waals surface area (Å²) in [6.45, 7) is 2.85. The third-order valence-corrected chi connectivity index (χ3v) is 3.70. The minimum absolute atomic E-state index is 0.290. The Morgan fingerprint density at radius 1 is 1.38 bits per heavy atom. The summed E-state index contributed by atoms with van der Waals surface area (Å²) in [6.07, 6.45) is 4.90. The number of rotatable bonds is 3. The van der Waals surface area contributed by atoms with E-state index in [0.717, 1.165) is 24.4 Å². The van der Waals surface area contributed by atoms with Crippen LogP contribution in [0.15, 0.2) is 18.2 Å². The molecule has 0 radical (unpaired) electrons. The number of halogens is 1. The van der Waals surface area contributed by atoms with Gasteiger partial charge in [0, 0.05) is 23.7 Å². The van der Waals surface area contributed by atoms with Crippen molar-refractivity contribution < 1.29 is 0 Å². The van der Waals surface area contributed by atoms with Gasteiger partial charge in [0.2, 0.25) is 0 Å². The van der Waals surface area contributed by atoms with E-state index in [9.17, 15) is 0 Å². The van der Waals surface area contributed by atoms with Crippen molar-refractivity contribution >= 4 is 11.6 Å². The van der Waals surface area contributed by atoms with Crippen molar-refractivity contribution in [2.75, 3.05) is 0 Å². The molecule has 2 unspecified atom stereocenters. The molecule has 2 nitrogen and oxygen atoms in total. The van der Waals surface area contributed by atoms with E-state index < -0.39 is 0 Å². The van der Waals surface area contributed by atoms with Crippen LogP contribution < -0.4 is 5.32 Å². The lowest BCUT2D eigenvalue weighted by Gasteiger charge is -2.27. The quantitative estimate of drug-likeness (QED) is 0.819. The second kappa shape index (κ2) is 5.65. The van der Waals surface area contributed by atoms with Crippen molar-refractivity contribution in [1.29, 1.82) is 0 Å². The third kappa shape index (κ3) is 3.19. The van der Waals surface area contributed by atoms with Gasteiger partial charge in [0.15, 0.2) is 0 Å².